The molecule has 0 amide bonds. The molecule has 0 bridgehead atoms. The van der Waals surface area contributed by atoms with Crippen LogP contribution < -0.4 is 5.73 Å². The number of hydrogen-bond acceptors (Lipinski definition) is 10. The molecule has 0 aromatic carbocycles. The van der Waals surface area contributed by atoms with Gasteiger partial charge in [0.1, 0.15) is 12.6 Å². The Morgan fingerprint density at radius 3 is 1.52 bits per heavy atom. The Bertz CT molecular complexity index is 1460. The van der Waals surface area contributed by atoms with E-state index in [0.29, 0.717) is 32.1 Å². The van der Waals surface area contributed by atoms with E-state index < -0.39 is 57.7 Å². The first-order chi connectivity index (χ1) is 29.5. The van der Waals surface area contributed by atoms with Crippen LogP contribution >= 0.6 is 7.82 Å². The Morgan fingerprint density at radius 1 is 0.574 bits per heavy atom. The SMILES string of the molecule is CCCCC/C=C\C/C=C\C/C=C\C/C=C\C/C=C\CCC(=O)O[C@H](COC(=O)CCC/C=C\C/C=C\C/C=C\C/C=C\CC(O)CCC)COP(=O)(O)OC[C@H](N)C(=O)O. The highest BCUT2D eigenvalue weighted by molar-refractivity contribution is 7.47. The van der Waals surface area contributed by atoms with E-state index >= 15 is 0 Å². The number of carbonyl (C=O) groups is 3. The van der Waals surface area contributed by atoms with Crippen LogP contribution in [0.3, 0.4) is 0 Å². The van der Waals surface area contributed by atoms with E-state index in [1.807, 2.05) is 36.5 Å². The number of nitrogens with two attached hydrogens (primary N) is 1. The summed E-state index contributed by atoms with van der Waals surface area (Å²) in [6, 6.07) is -1.55. The van der Waals surface area contributed by atoms with E-state index in [-0.39, 0.29) is 18.9 Å². The summed E-state index contributed by atoms with van der Waals surface area (Å²) >= 11 is 0. The van der Waals surface area contributed by atoms with E-state index in [9.17, 15) is 28.9 Å². The van der Waals surface area contributed by atoms with Crippen molar-refractivity contribution in [3.8, 4) is 0 Å². The second-order valence-corrected chi connectivity index (χ2v) is 15.8. The monoisotopic (exact) mass is 874 g/mol. The molecule has 0 saturated heterocycles. The fourth-order valence-electron chi connectivity index (χ4n) is 5.11. The predicted octanol–water partition coefficient (Wildman–Crippen LogP) is 10.8. The second kappa shape index (κ2) is 41.5. The Labute approximate surface area is 366 Å². The van der Waals surface area contributed by atoms with Crippen molar-refractivity contribution in [2.24, 2.45) is 5.73 Å². The van der Waals surface area contributed by atoms with Crippen LogP contribution in [0, 0.1) is 0 Å². The van der Waals surface area contributed by atoms with Crippen molar-refractivity contribution < 1.29 is 52.6 Å². The molecule has 0 aliphatic heterocycles. The molecule has 0 aliphatic carbocycles. The van der Waals surface area contributed by atoms with E-state index in [0.717, 1.165) is 57.8 Å². The number of phosphoric acid groups is 1. The molecule has 13 heteroatoms. The lowest BCUT2D eigenvalue weighted by atomic mass is 10.1. The lowest BCUT2D eigenvalue weighted by Crippen LogP contribution is -2.34. The smallest absolute Gasteiger partial charge is 0.472 e. The molecule has 12 nitrogen and oxygen atoms in total. The summed E-state index contributed by atoms with van der Waals surface area (Å²) in [6.07, 6.45) is 50.9. The number of ether oxygens (including phenoxy) is 2. The van der Waals surface area contributed by atoms with Gasteiger partial charge in [0, 0.05) is 12.8 Å². The number of carboxylic acid groups (broad SMARTS) is 1. The van der Waals surface area contributed by atoms with Crippen molar-refractivity contribution >= 4 is 25.7 Å². The summed E-state index contributed by atoms with van der Waals surface area (Å²) in [7, 11) is -4.77. The fraction of sp³-hybridized carbons (Fsp3) is 0.562. The van der Waals surface area contributed by atoms with Gasteiger partial charge in [0.05, 0.1) is 19.3 Å². The van der Waals surface area contributed by atoms with Gasteiger partial charge in [-0.3, -0.25) is 23.4 Å². The minimum Gasteiger partial charge on any atom is -0.480 e. The number of aliphatic hydroxyl groups excluding tert-OH is 1. The number of carbonyl (C=O) groups excluding carboxylic acids is 2. The van der Waals surface area contributed by atoms with E-state index in [1.165, 1.54) is 19.3 Å². The summed E-state index contributed by atoms with van der Waals surface area (Å²) in [4.78, 5) is 45.9. The quantitative estimate of drug-likeness (QED) is 0.0198. The van der Waals surface area contributed by atoms with Gasteiger partial charge in [-0.1, -0.05) is 142 Å². The minimum absolute atomic E-state index is 0.0117. The highest BCUT2D eigenvalue weighted by atomic mass is 31.2. The molecule has 0 rings (SSSR count). The Morgan fingerprint density at radius 2 is 1.03 bits per heavy atom. The third kappa shape index (κ3) is 41.2. The highest BCUT2D eigenvalue weighted by Crippen LogP contribution is 2.43. The Kier molecular flexibility index (Phi) is 38.8. The molecule has 5 N–H and O–H groups in total. The summed E-state index contributed by atoms with van der Waals surface area (Å²) in [5.41, 5.74) is 5.32. The van der Waals surface area contributed by atoms with Crippen LogP contribution in [0.1, 0.15) is 136 Å². The van der Waals surface area contributed by atoms with Crippen LogP contribution in [0.4, 0.5) is 0 Å². The van der Waals surface area contributed by atoms with Crippen molar-refractivity contribution in [3.63, 3.8) is 0 Å². The minimum atomic E-state index is -4.77. The third-order valence-electron chi connectivity index (χ3n) is 8.56. The third-order valence-corrected chi connectivity index (χ3v) is 9.51. The molecular formula is C48H76NO11P. The van der Waals surface area contributed by atoms with E-state index in [1.54, 1.807) is 0 Å². The van der Waals surface area contributed by atoms with Gasteiger partial charge in [-0.2, -0.15) is 0 Å². The summed E-state index contributed by atoms with van der Waals surface area (Å²) in [5, 5.41) is 18.6. The van der Waals surface area contributed by atoms with Crippen molar-refractivity contribution in [1.29, 1.82) is 0 Å². The molecule has 0 spiro atoms. The van der Waals surface area contributed by atoms with Gasteiger partial charge in [0.2, 0.25) is 0 Å². The van der Waals surface area contributed by atoms with Crippen LogP contribution in [0.5, 0.6) is 0 Å². The van der Waals surface area contributed by atoms with Crippen LogP contribution in [-0.4, -0.2) is 71.1 Å². The van der Waals surface area contributed by atoms with Crippen LogP contribution in [0.15, 0.2) is 109 Å². The number of aliphatic hydroxyl groups is 1. The van der Waals surface area contributed by atoms with Gasteiger partial charge in [-0.15, -0.1) is 0 Å². The van der Waals surface area contributed by atoms with Gasteiger partial charge in [0.25, 0.3) is 0 Å². The largest absolute Gasteiger partial charge is 0.480 e. The lowest BCUT2D eigenvalue weighted by molar-refractivity contribution is -0.161. The van der Waals surface area contributed by atoms with Gasteiger partial charge in [-0.05, 0) is 89.9 Å². The number of rotatable bonds is 39. The van der Waals surface area contributed by atoms with Gasteiger partial charge in [0.15, 0.2) is 6.10 Å². The van der Waals surface area contributed by atoms with E-state index in [4.69, 9.17) is 24.8 Å². The number of aliphatic carboxylic acids is 1. The molecule has 0 radical (unpaired) electrons. The van der Waals surface area contributed by atoms with Gasteiger partial charge >= 0.3 is 25.7 Å². The first-order valence-electron chi connectivity index (χ1n) is 22.0. The normalized spacial score (nSPS) is 15.2. The molecule has 344 valence electrons. The van der Waals surface area contributed by atoms with Crippen molar-refractivity contribution in [2.45, 2.75) is 154 Å². The van der Waals surface area contributed by atoms with Crippen molar-refractivity contribution in [2.75, 3.05) is 19.8 Å². The molecule has 0 heterocycles. The molecule has 4 atom stereocenters. The molecule has 0 saturated carbocycles. The number of hydrogen-bond donors (Lipinski definition) is 4. The standard InChI is InChI=1S/C48H76NO11P/c1-3-5-6-7-8-9-10-11-12-13-14-15-16-19-23-26-29-32-35-39-47(52)60-44(41-58-61(55,56)59-42-45(49)48(53)54)40-57-46(51)38-34-31-28-25-22-20-17-18-21-24-27-30-33-37-43(50)36-4-2/h8-9,11-12,14-15,17,19-21,23-25,28-30,32-33,43-45,50H,3-7,10,13,16,18,22,26-27,31,34-42,49H2,1-2H3,(H,53,54)(H,55,56)/b9-8-,12-11-,15-14-,20-17-,23-19-,24-21-,28-25-,32-29-,33-30-/t43?,44-,45+/m1/s1. The average Bonchev–Trinajstić information content (AvgIpc) is 3.23. The van der Waals surface area contributed by atoms with Crippen molar-refractivity contribution in [3.05, 3.63) is 109 Å². The number of unbranched alkanes of at least 4 members (excludes halogenated alkanes) is 4. The topological polar surface area (TPSA) is 192 Å². The summed E-state index contributed by atoms with van der Waals surface area (Å²) in [6.45, 7) is 2.41. The van der Waals surface area contributed by atoms with Crippen LogP contribution in [-0.2, 0) is 37.5 Å². The first kappa shape index (κ1) is 57.1. The highest BCUT2D eigenvalue weighted by Gasteiger charge is 2.28. The van der Waals surface area contributed by atoms with Crippen LogP contribution in [0.25, 0.3) is 0 Å². The first-order valence-corrected chi connectivity index (χ1v) is 23.5. The number of phosphoric ester groups is 1. The predicted molar refractivity (Wildman–Crippen MR) is 246 cm³/mol. The molecule has 0 fully saturated rings. The lowest BCUT2D eigenvalue weighted by Gasteiger charge is -2.20. The Hall–Kier alpha value is -3.90. The second-order valence-electron chi connectivity index (χ2n) is 14.3. The van der Waals surface area contributed by atoms with E-state index in [2.05, 4.69) is 91.3 Å². The number of esters is 2. The molecule has 0 aromatic heterocycles. The zero-order valence-electron chi connectivity index (χ0n) is 36.8. The Balaban J connectivity index is 4.62. The van der Waals surface area contributed by atoms with Crippen LogP contribution in [0.2, 0.25) is 0 Å². The summed E-state index contributed by atoms with van der Waals surface area (Å²) in [5.74, 6) is -2.60. The number of allylic oxidation sites excluding steroid dienone is 17. The maximum Gasteiger partial charge on any atom is 0.472 e. The summed E-state index contributed by atoms with van der Waals surface area (Å²) < 4.78 is 32.5. The fourth-order valence-corrected chi connectivity index (χ4v) is 5.89. The molecule has 2 unspecified atom stereocenters. The number of carboxylic acids is 1. The molecule has 0 aromatic rings. The zero-order chi connectivity index (χ0) is 45.1. The van der Waals surface area contributed by atoms with Gasteiger partial charge < -0.3 is 30.3 Å². The molecular weight excluding hydrogens is 797 g/mol. The van der Waals surface area contributed by atoms with Gasteiger partial charge in [-0.25, -0.2) is 4.57 Å². The maximum atomic E-state index is 12.6. The molecule has 61 heavy (non-hydrogen) atoms. The zero-order valence-corrected chi connectivity index (χ0v) is 37.7. The maximum absolute atomic E-state index is 12.6. The molecule has 0 aliphatic rings. The van der Waals surface area contributed by atoms with Crippen molar-refractivity contribution in [1.82, 2.24) is 0 Å². The average molecular weight is 874 g/mol.